The second-order valence-electron chi connectivity index (χ2n) is 4.80. The van der Waals surface area contributed by atoms with Crippen LogP contribution in [0.5, 0.6) is 0 Å². The molecule has 0 atom stereocenters. The van der Waals surface area contributed by atoms with Crippen LogP contribution in [0, 0.1) is 6.92 Å². The number of anilines is 1. The molecule has 0 saturated carbocycles. The van der Waals surface area contributed by atoms with E-state index in [-0.39, 0.29) is 18.6 Å². The third-order valence-corrected chi connectivity index (χ3v) is 2.79. The maximum absolute atomic E-state index is 12.4. The van der Waals surface area contributed by atoms with E-state index in [9.17, 15) is 4.79 Å². The minimum atomic E-state index is -0.0335. The average Bonchev–Trinajstić information content (AvgIpc) is 2.27. The van der Waals surface area contributed by atoms with Crippen LogP contribution in [0.1, 0.15) is 36.2 Å². The molecular formula is C14H22N2O2. The van der Waals surface area contributed by atoms with Crippen molar-refractivity contribution in [3.63, 3.8) is 0 Å². The number of nitrogens with two attached hydrogens (primary N) is 1. The van der Waals surface area contributed by atoms with E-state index in [1.807, 2.05) is 32.9 Å². The zero-order chi connectivity index (χ0) is 13.7. The van der Waals surface area contributed by atoms with E-state index in [0.717, 1.165) is 5.56 Å². The molecule has 0 unspecified atom stereocenters. The summed E-state index contributed by atoms with van der Waals surface area (Å²) in [5.74, 6) is -0.0335. The van der Waals surface area contributed by atoms with Crippen molar-refractivity contribution >= 4 is 11.6 Å². The lowest BCUT2D eigenvalue weighted by Gasteiger charge is -2.27. The SMILES string of the molecule is Cc1cc(N)cc(C(=O)N(CCCO)C(C)C)c1. The Morgan fingerprint density at radius 1 is 1.39 bits per heavy atom. The highest BCUT2D eigenvalue weighted by molar-refractivity contribution is 5.95. The van der Waals surface area contributed by atoms with Gasteiger partial charge in [0.1, 0.15) is 0 Å². The van der Waals surface area contributed by atoms with Crippen LogP contribution in [0.15, 0.2) is 18.2 Å². The van der Waals surface area contributed by atoms with E-state index < -0.39 is 0 Å². The number of nitrogens with zero attached hydrogens (tertiary/aromatic N) is 1. The molecule has 0 bridgehead atoms. The predicted molar refractivity (Wildman–Crippen MR) is 73.5 cm³/mol. The molecule has 0 aliphatic rings. The highest BCUT2D eigenvalue weighted by Gasteiger charge is 2.18. The predicted octanol–water partition coefficient (Wildman–Crippen LogP) is 1.81. The summed E-state index contributed by atoms with van der Waals surface area (Å²) in [6.07, 6.45) is 0.589. The number of carbonyl (C=O) groups is 1. The summed E-state index contributed by atoms with van der Waals surface area (Å²) >= 11 is 0. The largest absolute Gasteiger partial charge is 0.399 e. The summed E-state index contributed by atoms with van der Waals surface area (Å²) in [7, 11) is 0. The summed E-state index contributed by atoms with van der Waals surface area (Å²) in [6.45, 7) is 6.50. The molecule has 0 aliphatic carbocycles. The number of aliphatic hydroxyl groups excluding tert-OH is 1. The number of benzene rings is 1. The van der Waals surface area contributed by atoms with Crippen LogP contribution in [0.25, 0.3) is 0 Å². The molecule has 1 aromatic carbocycles. The first-order valence-corrected chi connectivity index (χ1v) is 6.24. The Morgan fingerprint density at radius 3 is 2.56 bits per heavy atom. The molecule has 18 heavy (non-hydrogen) atoms. The van der Waals surface area contributed by atoms with Gasteiger partial charge in [0.25, 0.3) is 5.91 Å². The molecule has 4 heteroatoms. The zero-order valence-electron chi connectivity index (χ0n) is 11.3. The Balaban J connectivity index is 2.94. The van der Waals surface area contributed by atoms with E-state index in [2.05, 4.69) is 0 Å². The van der Waals surface area contributed by atoms with Crippen molar-refractivity contribution < 1.29 is 9.90 Å². The van der Waals surface area contributed by atoms with Gasteiger partial charge in [0, 0.05) is 30.4 Å². The first-order chi connectivity index (χ1) is 8.45. The van der Waals surface area contributed by atoms with E-state index in [1.165, 1.54) is 0 Å². The molecule has 0 heterocycles. The highest BCUT2D eigenvalue weighted by Crippen LogP contribution is 2.15. The fourth-order valence-electron chi connectivity index (χ4n) is 1.94. The molecule has 0 fully saturated rings. The fourth-order valence-corrected chi connectivity index (χ4v) is 1.94. The molecule has 0 saturated heterocycles. The van der Waals surface area contributed by atoms with Gasteiger partial charge in [0.2, 0.25) is 0 Å². The van der Waals surface area contributed by atoms with Crippen LogP contribution in [0.4, 0.5) is 5.69 Å². The number of aryl methyl sites for hydroxylation is 1. The van der Waals surface area contributed by atoms with Crippen molar-refractivity contribution in [1.82, 2.24) is 4.90 Å². The normalized spacial score (nSPS) is 10.7. The smallest absolute Gasteiger partial charge is 0.254 e. The van der Waals surface area contributed by atoms with Gasteiger partial charge in [-0.15, -0.1) is 0 Å². The van der Waals surface area contributed by atoms with E-state index in [1.54, 1.807) is 11.0 Å². The molecule has 1 amide bonds. The molecule has 0 aliphatic heterocycles. The summed E-state index contributed by atoms with van der Waals surface area (Å²) in [5, 5.41) is 8.88. The Morgan fingerprint density at radius 2 is 2.06 bits per heavy atom. The van der Waals surface area contributed by atoms with Crippen LogP contribution in [0.2, 0.25) is 0 Å². The van der Waals surface area contributed by atoms with Crippen molar-refractivity contribution in [2.24, 2.45) is 0 Å². The van der Waals surface area contributed by atoms with Crippen molar-refractivity contribution in [3.8, 4) is 0 Å². The first kappa shape index (κ1) is 14.5. The molecular weight excluding hydrogens is 228 g/mol. The van der Waals surface area contributed by atoms with Crippen LogP contribution in [0.3, 0.4) is 0 Å². The topological polar surface area (TPSA) is 66.6 Å². The zero-order valence-corrected chi connectivity index (χ0v) is 11.3. The quantitative estimate of drug-likeness (QED) is 0.783. The maximum atomic E-state index is 12.4. The lowest BCUT2D eigenvalue weighted by molar-refractivity contribution is 0.0693. The molecule has 3 N–H and O–H groups in total. The van der Waals surface area contributed by atoms with Gasteiger partial charge in [0.15, 0.2) is 0 Å². The Hall–Kier alpha value is -1.55. The summed E-state index contributed by atoms with van der Waals surface area (Å²) in [4.78, 5) is 14.1. The summed E-state index contributed by atoms with van der Waals surface area (Å²) < 4.78 is 0. The molecule has 0 spiro atoms. The van der Waals surface area contributed by atoms with Gasteiger partial charge >= 0.3 is 0 Å². The second-order valence-corrected chi connectivity index (χ2v) is 4.80. The van der Waals surface area contributed by atoms with Crippen molar-refractivity contribution in [2.45, 2.75) is 33.2 Å². The number of aliphatic hydroxyl groups is 1. The number of nitrogen functional groups attached to an aromatic ring is 1. The number of rotatable bonds is 5. The van der Waals surface area contributed by atoms with E-state index in [4.69, 9.17) is 10.8 Å². The van der Waals surface area contributed by atoms with Crippen molar-refractivity contribution in [3.05, 3.63) is 29.3 Å². The minimum absolute atomic E-state index is 0.0335. The van der Waals surface area contributed by atoms with E-state index in [0.29, 0.717) is 24.2 Å². The minimum Gasteiger partial charge on any atom is -0.399 e. The average molecular weight is 250 g/mol. The Bertz CT molecular complexity index is 396. The van der Waals surface area contributed by atoms with Gasteiger partial charge in [-0.25, -0.2) is 0 Å². The van der Waals surface area contributed by atoms with Gasteiger partial charge in [-0.05, 0) is 51.0 Å². The summed E-state index contributed by atoms with van der Waals surface area (Å²) in [6, 6.07) is 5.48. The van der Waals surface area contributed by atoms with Gasteiger partial charge in [-0.1, -0.05) is 0 Å². The summed E-state index contributed by atoms with van der Waals surface area (Å²) in [5.41, 5.74) is 7.95. The third kappa shape index (κ3) is 3.74. The Kier molecular flexibility index (Phi) is 5.16. The monoisotopic (exact) mass is 250 g/mol. The second kappa shape index (κ2) is 6.40. The molecule has 0 radical (unpaired) electrons. The van der Waals surface area contributed by atoms with Gasteiger partial charge in [-0.2, -0.15) is 0 Å². The van der Waals surface area contributed by atoms with Crippen LogP contribution in [-0.4, -0.2) is 35.1 Å². The number of amides is 1. The van der Waals surface area contributed by atoms with E-state index >= 15 is 0 Å². The van der Waals surface area contributed by atoms with Gasteiger partial charge in [-0.3, -0.25) is 4.79 Å². The van der Waals surface area contributed by atoms with Gasteiger partial charge in [0.05, 0.1) is 0 Å². The first-order valence-electron chi connectivity index (χ1n) is 6.24. The number of carbonyl (C=O) groups excluding carboxylic acids is 1. The van der Waals surface area contributed by atoms with Crippen LogP contribution < -0.4 is 5.73 Å². The fraction of sp³-hybridized carbons (Fsp3) is 0.500. The molecule has 0 aromatic heterocycles. The molecule has 1 aromatic rings. The number of hydrogen-bond acceptors (Lipinski definition) is 3. The highest BCUT2D eigenvalue weighted by atomic mass is 16.3. The van der Waals surface area contributed by atoms with Crippen molar-refractivity contribution in [2.75, 3.05) is 18.9 Å². The molecule has 100 valence electrons. The lowest BCUT2D eigenvalue weighted by Crippen LogP contribution is -2.38. The standard InChI is InChI=1S/C14H22N2O2/c1-10(2)16(5-4-6-17)14(18)12-7-11(3)8-13(15)9-12/h7-10,17H,4-6,15H2,1-3H3. The van der Waals surface area contributed by atoms with Gasteiger partial charge < -0.3 is 15.7 Å². The Labute approximate surface area is 108 Å². The van der Waals surface area contributed by atoms with Crippen molar-refractivity contribution in [1.29, 1.82) is 0 Å². The third-order valence-electron chi connectivity index (χ3n) is 2.79. The molecule has 4 nitrogen and oxygen atoms in total. The molecule has 1 rings (SSSR count). The van der Waals surface area contributed by atoms with Crippen LogP contribution >= 0.6 is 0 Å². The lowest BCUT2D eigenvalue weighted by atomic mass is 10.1. The number of hydrogen-bond donors (Lipinski definition) is 2. The van der Waals surface area contributed by atoms with Crippen LogP contribution in [-0.2, 0) is 0 Å². The maximum Gasteiger partial charge on any atom is 0.254 e.